The molecule has 0 aliphatic heterocycles. The molecule has 9 aromatic rings. The maximum absolute atomic E-state index is 6.52. The van der Waals surface area contributed by atoms with Crippen molar-refractivity contribution >= 4 is 54.5 Å². The van der Waals surface area contributed by atoms with E-state index in [4.69, 9.17) is 9.40 Å². The second-order valence-corrected chi connectivity index (χ2v) is 11.8. The molecule has 5 aromatic carbocycles. The van der Waals surface area contributed by atoms with Gasteiger partial charge < -0.3 is 4.42 Å². The van der Waals surface area contributed by atoms with Crippen LogP contribution < -0.4 is 0 Å². The Bertz CT molecular complexity index is 2630. The van der Waals surface area contributed by atoms with Gasteiger partial charge in [0.25, 0.3) is 0 Å². The Kier molecular flexibility index (Phi) is 5.59. The van der Waals surface area contributed by atoms with Gasteiger partial charge in [-0.25, -0.2) is 0 Å². The van der Waals surface area contributed by atoms with Crippen molar-refractivity contribution in [1.82, 2.24) is 15.0 Å². The molecule has 0 atom stereocenters. The molecular formula is C41H27N3O. The quantitative estimate of drug-likeness (QED) is 0.196. The van der Waals surface area contributed by atoms with Crippen LogP contribution in [0.5, 0.6) is 0 Å². The highest BCUT2D eigenvalue weighted by Gasteiger charge is 2.17. The summed E-state index contributed by atoms with van der Waals surface area (Å²) < 4.78 is 6.52. The third-order valence-corrected chi connectivity index (χ3v) is 9.11. The number of rotatable bonds is 3. The highest BCUT2D eigenvalue weighted by atomic mass is 16.3. The fraction of sp³-hybridized carbons (Fsp3) is 0.0488. The molecule has 0 unspecified atom stereocenters. The number of hydrogen-bond acceptors (Lipinski definition) is 4. The van der Waals surface area contributed by atoms with Gasteiger partial charge in [0.15, 0.2) is 0 Å². The van der Waals surface area contributed by atoms with Gasteiger partial charge in [0.2, 0.25) is 0 Å². The van der Waals surface area contributed by atoms with Gasteiger partial charge in [-0.3, -0.25) is 15.0 Å². The molecule has 0 bridgehead atoms. The van der Waals surface area contributed by atoms with E-state index in [-0.39, 0.29) is 0 Å². The Hall–Kier alpha value is -5.87. The van der Waals surface area contributed by atoms with E-state index in [9.17, 15) is 0 Å². The Labute approximate surface area is 259 Å². The predicted octanol–water partition coefficient (Wildman–Crippen LogP) is 10.8. The normalized spacial score (nSPS) is 11.8. The first-order chi connectivity index (χ1) is 22.1. The lowest BCUT2D eigenvalue weighted by atomic mass is 9.90. The zero-order chi connectivity index (χ0) is 30.1. The maximum Gasteiger partial charge on any atom is 0.138 e. The van der Waals surface area contributed by atoms with Gasteiger partial charge in [-0.15, -0.1) is 0 Å². The number of benzene rings is 5. The van der Waals surface area contributed by atoms with Crippen molar-refractivity contribution in [1.29, 1.82) is 0 Å². The number of nitrogens with zero attached hydrogens (tertiary/aromatic N) is 3. The minimum absolute atomic E-state index is 0.912. The number of aromatic nitrogens is 3. The van der Waals surface area contributed by atoms with Crippen molar-refractivity contribution in [2.24, 2.45) is 0 Å². The first-order valence-corrected chi connectivity index (χ1v) is 15.2. The average Bonchev–Trinajstić information content (AvgIpc) is 3.48. The topological polar surface area (TPSA) is 51.8 Å². The van der Waals surface area contributed by atoms with Crippen LogP contribution in [0.1, 0.15) is 11.1 Å². The Morgan fingerprint density at radius 1 is 0.489 bits per heavy atom. The Balaban J connectivity index is 1.29. The molecule has 4 nitrogen and oxygen atoms in total. The SMILES string of the molecule is Cc1cccc2c1oc1c(C)c(-c3cc(-c4cnc5c(ccc6cccnc65)c4)cc(-c4cccc5ccncc45)c3)ccc12. The second-order valence-electron chi connectivity index (χ2n) is 11.8. The largest absolute Gasteiger partial charge is 0.455 e. The van der Waals surface area contributed by atoms with Crippen LogP contribution in [0.15, 0.2) is 132 Å². The highest BCUT2D eigenvalue weighted by Crippen LogP contribution is 2.41. The summed E-state index contributed by atoms with van der Waals surface area (Å²) >= 11 is 0. The number of pyridine rings is 3. The number of aryl methyl sites for hydroxylation is 2. The molecule has 0 saturated heterocycles. The lowest BCUT2D eigenvalue weighted by molar-refractivity contribution is 0.663. The van der Waals surface area contributed by atoms with Crippen molar-refractivity contribution in [3.63, 3.8) is 0 Å². The predicted molar refractivity (Wildman–Crippen MR) is 185 cm³/mol. The summed E-state index contributed by atoms with van der Waals surface area (Å²) in [6.07, 6.45) is 7.61. The van der Waals surface area contributed by atoms with Gasteiger partial charge in [0, 0.05) is 62.8 Å². The molecule has 0 aliphatic rings. The summed E-state index contributed by atoms with van der Waals surface area (Å²) in [5.74, 6) is 0. The average molecular weight is 578 g/mol. The number of fused-ring (bicyclic) bond motifs is 7. The first-order valence-electron chi connectivity index (χ1n) is 15.2. The second kappa shape index (κ2) is 9.83. The molecule has 4 heterocycles. The minimum atomic E-state index is 0.912. The highest BCUT2D eigenvalue weighted by molar-refractivity contribution is 6.09. The molecular weight excluding hydrogens is 550 g/mol. The third kappa shape index (κ3) is 4.03. The molecule has 0 aliphatic carbocycles. The Morgan fingerprint density at radius 3 is 2.20 bits per heavy atom. The van der Waals surface area contributed by atoms with Crippen LogP contribution >= 0.6 is 0 Å². The van der Waals surface area contributed by atoms with E-state index in [2.05, 4.69) is 121 Å². The van der Waals surface area contributed by atoms with Crippen LogP contribution in [0.3, 0.4) is 0 Å². The van der Waals surface area contributed by atoms with Crippen molar-refractivity contribution in [3.8, 4) is 33.4 Å². The number of para-hydroxylation sites is 1. The van der Waals surface area contributed by atoms with E-state index in [0.29, 0.717) is 0 Å². The summed E-state index contributed by atoms with van der Waals surface area (Å²) in [5, 5.41) is 6.74. The fourth-order valence-corrected chi connectivity index (χ4v) is 6.81. The molecule has 9 rings (SSSR count). The molecule has 4 heteroatoms. The summed E-state index contributed by atoms with van der Waals surface area (Å²) in [6.45, 7) is 4.27. The van der Waals surface area contributed by atoms with Crippen LogP contribution in [0.4, 0.5) is 0 Å². The first kappa shape index (κ1) is 25.6. The summed E-state index contributed by atoms with van der Waals surface area (Å²) in [5.41, 5.74) is 12.7. The number of hydrogen-bond donors (Lipinski definition) is 0. The van der Waals surface area contributed by atoms with Crippen molar-refractivity contribution < 1.29 is 4.42 Å². The van der Waals surface area contributed by atoms with E-state index in [1.807, 2.05) is 30.9 Å². The van der Waals surface area contributed by atoms with Crippen LogP contribution in [0, 0.1) is 13.8 Å². The molecule has 4 aromatic heterocycles. The zero-order valence-electron chi connectivity index (χ0n) is 24.9. The molecule has 0 radical (unpaired) electrons. The summed E-state index contributed by atoms with van der Waals surface area (Å²) in [4.78, 5) is 14.0. The van der Waals surface area contributed by atoms with Crippen LogP contribution in [0.2, 0.25) is 0 Å². The van der Waals surface area contributed by atoms with Gasteiger partial charge in [0.1, 0.15) is 11.2 Å². The van der Waals surface area contributed by atoms with E-state index in [1.165, 1.54) is 0 Å². The van der Waals surface area contributed by atoms with Crippen LogP contribution in [-0.4, -0.2) is 15.0 Å². The summed E-state index contributed by atoms with van der Waals surface area (Å²) in [6, 6.07) is 36.6. The molecule has 212 valence electrons. The fourth-order valence-electron chi connectivity index (χ4n) is 6.81. The standard InChI is InChI=1S/C41H27N3O/c1-24-6-3-10-35-36-14-13-33(25(2)41(36)45-40(24)35)30-19-29(20-31(21-30)34-9-4-7-26-15-17-42-23-37(26)34)32-18-28-12-11-27-8-5-16-43-38(27)39(28)44-22-32/h3-23H,1-2H3. The smallest absolute Gasteiger partial charge is 0.138 e. The monoisotopic (exact) mass is 577 g/mol. The van der Waals surface area contributed by atoms with E-state index in [1.54, 1.807) is 0 Å². The van der Waals surface area contributed by atoms with Crippen LogP contribution in [0.25, 0.3) is 87.9 Å². The van der Waals surface area contributed by atoms with E-state index in [0.717, 1.165) is 99.0 Å². The molecule has 0 spiro atoms. The zero-order valence-corrected chi connectivity index (χ0v) is 24.9. The molecule has 0 N–H and O–H groups in total. The molecule has 0 fully saturated rings. The maximum atomic E-state index is 6.52. The van der Waals surface area contributed by atoms with Crippen LogP contribution in [-0.2, 0) is 0 Å². The summed E-state index contributed by atoms with van der Waals surface area (Å²) in [7, 11) is 0. The molecule has 0 saturated carbocycles. The molecule has 0 amide bonds. The third-order valence-electron chi connectivity index (χ3n) is 9.11. The van der Waals surface area contributed by atoms with Gasteiger partial charge in [-0.2, -0.15) is 0 Å². The number of furan rings is 1. The lowest BCUT2D eigenvalue weighted by Crippen LogP contribution is -1.91. The lowest BCUT2D eigenvalue weighted by Gasteiger charge is -2.14. The van der Waals surface area contributed by atoms with Crippen molar-refractivity contribution in [3.05, 3.63) is 139 Å². The van der Waals surface area contributed by atoms with Crippen molar-refractivity contribution in [2.45, 2.75) is 13.8 Å². The van der Waals surface area contributed by atoms with Gasteiger partial charge in [0.05, 0.1) is 11.0 Å². The van der Waals surface area contributed by atoms with Gasteiger partial charge in [-0.1, -0.05) is 60.7 Å². The molecule has 45 heavy (non-hydrogen) atoms. The van der Waals surface area contributed by atoms with Gasteiger partial charge >= 0.3 is 0 Å². The minimum Gasteiger partial charge on any atom is -0.455 e. The van der Waals surface area contributed by atoms with E-state index >= 15 is 0 Å². The Morgan fingerprint density at radius 2 is 1.27 bits per heavy atom. The van der Waals surface area contributed by atoms with E-state index < -0.39 is 0 Å². The van der Waals surface area contributed by atoms with Gasteiger partial charge in [-0.05, 0) is 95.1 Å². The van der Waals surface area contributed by atoms with Crippen molar-refractivity contribution in [2.75, 3.05) is 0 Å².